The molecule has 1 fully saturated rings. The van der Waals surface area contributed by atoms with Crippen LogP contribution in [0.2, 0.25) is 0 Å². The lowest BCUT2D eigenvalue weighted by Crippen LogP contribution is -2.39. The van der Waals surface area contributed by atoms with E-state index in [1.807, 2.05) is 0 Å². The van der Waals surface area contributed by atoms with Crippen LogP contribution >= 0.6 is 0 Å². The predicted molar refractivity (Wildman–Crippen MR) is 65.5 cm³/mol. The summed E-state index contributed by atoms with van der Waals surface area (Å²) < 4.78 is 4.96. The molecule has 3 N–H and O–H groups in total. The Morgan fingerprint density at radius 3 is 2.48 bits per heavy atom. The molecule has 2 heterocycles. The molecule has 0 bridgehead atoms. The molecule has 114 valence electrons. The van der Waals surface area contributed by atoms with Crippen LogP contribution in [0.5, 0.6) is 0 Å². The van der Waals surface area contributed by atoms with Gasteiger partial charge in [0, 0.05) is 0 Å². The first-order chi connectivity index (χ1) is 9.97. The van der Waals surface area contributed by atoms with E-state index in [4.69, 9.17) is 14.7 Å². The standard InChI is InChI=1S/C11H14N4O6/c16-7(17)4-15(5-8(18)19)11(20)9-13-10(21-14-9)6-2-1-3-12-6/h6,12H,1-5H2,(H,16,17)(H,18,19). The largest absolute Gasteiger partial charge is 0.480 e. The van der Waals surface area contributed by atoms with E-state index in [0.717, 1.165) is 19.4 Å². The Bertz CT molecular complexity index is 535. The Kier molecular flexibility index (Phi) is 4.48. The summed E-state index contributed by atoms with van der Waals surface area (Å²) in [7, 11) is 0. The summed E-state index contributed by atoms with van der Waals surface area (Å²) >= 11 is 0. The predicted octanol–water partition coefficient (Wildman–Crippen LogP) is -0.894. The molecule has 0 aliphatic carbocycles. The summed E-state index contributed by atoms with van der Waals surface area (Å²) in [6, 6.07) is -0.133. The number of carboxylic acids is 2. The number of carboxylic acid groups (broad SMARTS) is 2. The van der Waals surface area contributed by atoms with Crippen LogP contribution in [0, 0.1) is 0 Å². The van der Waals surface area contributed by atoms with Crippen molar-refractivity contribution in [2.75, 3.05) is 19.6 Å². The Hall–Kier alpha value is -2.49. The SMILES string of the molecule is O=C(O)CN(CC(=O)O)C(=O)c1noc(C2CCCN2)n1. The highest BCUT2D eigenvalue weighted by molar-refractivity contribution is 5.94. The molecule has 1 aromatic rings. The van der Waals surface area contributed by atoms with Gasteiger partial charge in [-0.1, -0.05) is 5.16 Å². The van der Waals surface area contributed by atoms with E-state index in [2.05, 4.69) is 15.5 Å². The van der Waals surface area contributed by atoms with Gasteiger partial charge in [0.2, 0.25) is 5.89 Å². The molecule has 10 nitrogen and oxygen atoms in total. The maximum Gasteiger partial charge on any atom is 0.323 e. The quantitative estimate of drug-likeness (QED) is 0.608. The lowest BCUT2D eigenvalue weighted by Gasteiger charge is -2.15. The molecular formula is C11H14N4O6. The van der Waals surface area contributed by atoms with Crippen LogP contribution in [0.3, 0.4) is 0 Å². The molecule has 0 aromatic carbocycles. The van der Waals surface area contributed by atoms with Crippen molar-refractivity contribution in [2.45, 2.75) is 18.9 Å². The molecule has 0 saturated carbocycles. The number of carbonyl (C=O) groups excluding carboxylic acids is 1. The van der Waals surface area contributed by atoms with Crippen molar-refractivity contribution < 1.29 is 29.1 Å². The maximum atomic E-state index is 12.0. The first kappa shape index (κ1) is 14.9. The number of nitrogens with one attached hydrogen (secondary N) is 1. The van der Waals surface area contributed by atoms with E-state index in [1.54, 1.807) is 0 Å². The number of carbonyl (C=O) groups is 3. The van der Waals surface area contributed by atoms with Gasteiger partial charge in [0.15, 0.2) is 0 Å². The third-order valence-corrected chi connectivity index (χ3v) is 2.93. The van der Waals surface area contributed by atoms with Crippen LogP contribution in [0.1, 0.15) is 35.4 Å². The minimum absolute atomic E-state index is 0.133. The van der Waals surface area contributed by atoms with Crippen LogP contribution in [0.25, 0.3) is 0 Å². The second-order valence-electron chi connectivity index (χ2n) is 4.55. The van der Waals surface area contributed by atoms with Crippen molar-refractivity contribution in [1.29, 1.82) is 0 Å². The smallest absolute Gasteiger partial charge is 0.323 e. The fraction of sp³-hybridized carbons (Fsp3) is 0.545. The lowest BCUT2D eigenvalue weighted by atomic mass is 10.2. The number of nitrogens with zero attached hydrogens (tertiary/aromatic N) is 3. The van der Waals surface area contributed by atoms with Crippen molar-refractivity contribution in [2.24, 2.45) is 0 Å². The van der Waals surface area contributed by atoms with Crippen molar-refractivity contribution in [3.63, 3.8) is 0 Å². The molecule has 10 heteroatoms. The number of amides is 1. The van der Waals surface area contributed by atoms with Gasteiger partial charge < -0.3 is 25.0 Å². The molecule has 1 aromatic heterocycles. The van der Waals surface area contributed by atoms with Crippen LogP contribution in [0.4, 0.5) is 0 Å². The first-order valence-corrected chi connectivity index (χ1v) is 6.27. The Morgan fingerprint density at radius 1 is 1.29 bits per heavy atom. The van der Waals surface area contributed by atoms with E-state index in [0.29, 0.717) is 4.90 Å². The van der Waals surface area contributed by atoms with Gasteiger partial charge >= 0.3 is 11.9 Å². The number of aliphatic carboxylic acids is 2. The molecule has 1 amide bonds. The Labute approximate surface area is 118 Å². The van der Waals surface area contributed by atoms with E-state index in [9.17, 15) is 14.4 Å². The average molecular weight is 298 g/mol. The highest BCUT2D eigenvalue weighted by Crippen LogP contribution is 2.21. The minimum atomic E-state index is -1.33. The first-order valence-electron chi connectivity index (χ1n) is 6.27. The molecule has 1 aliphatic heterocycles. The van der Waals surface area contributed by atoms with Crippen LogP contribution in [-0.4, -0.2) is 62.7 Å². The highest BCUT2D eigenvalue weighted by Gasteiger charge is 2.28. The van der Waals surface area contributed by atoms with Crippen molar-refractivity contribution >= 4 is 17.8 Å². The third-order valence-electron chi connectivity index (χ3n) is 2.93. The minimum Gasteiger partial charge on any atom is -0.480 e. The van der Waals surface area contributed by atoms with E-state index in [-0.39, 0.29) is 17.8 Å². The number of hydrogen-bond donors (Lipinski definition) is 3. The summed E-state index contributed by atoms with van der Waals surface area (Å²) in [5.41, 5.74) is 0. The zero-order chi connectivity index (χ0) is 15.4. The van der Waals surface area contributed by atoms with Crippen LogP contribution in [-0.2, 0) is 9.59 Å². The molecular weight excluding hydrogens is 284 g/mol. The molecule has 1 atom stereocenters. The Morgan fingerprint density at radius 2 is 1.95 bits per heavy atom. The van der Waals surface area contributed by atoms with Crippen LogP contribution < -0.4 is 5.32 Å². The number of rotatable bonds is 6. The molecule has 0 spiro atoms. The lowest BCUT2D eigenvalue weighted by molar-refractivity contribution is -0.140. The zero-order valence-electron chi connectivity index (χ0n) is 11.0. The average Bonchev–Trinajstić information content (AvgIpc) is 3.06. The molecule has 2 rings (SSSR count). The van der Waals surface area contributed by atoms with Gasteiger partial charge in [0.25, 0.3) is 11.7 Å². The number of hydrogen-bond acceptors (Lipinski definition) is 7. The van der Waals surface area contributed by atoms with Gasteiger partial charge in [-0.2, -0.15) is 4.98 Å². The second-order valence-corrected chi connectivity index (χ2v) is 4.55. The zero-order valence-corrected chi connectivity index (χ0v) is 11.0. The molecule has 1 unspecified atom stereocenters. The summed E-state index contributed by atoms with van der Waals surface area (Å²) in [4.78, 5) is 37.9. The van der Waals surface area contributed by atoms with Crippen molar-refractivity contribution in [1.82, 2.24) is 20.4 Å². The van der Waals surface area contributed by atoms with Crippen molar-refractivity contribution in [3.05, 3.63) is 11.7 Å². The summed E-state index contributed by atoms with van der Waals surface area (Å²) in [5.74, 6) is -3.66. The van der Waals surface area contributed by atoms with E-state index >= 15 is 0 Å². The highest BCUT2D eigenvalue weighted by atomic mass is 16.5. The fourth-order valence-corrected chi connectivity index (χ4v) is 2.03. The molecule has 1 aliphatic rings. The second kappa shape index (κ2) is 6.31. The number of aromatic nitrogens is 2. The maximum absolute atomic E-state index is 12.0. The summed E-state index contributed by atoms with van der Waals surface area (Å²) in [5, 5.41) is 24.0. The van der Waals surface area contributed by atoms with Gasteiger partial charge in [0.1, 0.15) is 13.1 Å². The summed E-state index contributed by atoms with van der Waals surface area (Å²) in [6.07, 6.45) is 1.74. The van der Waals surface area contributed by atoms with Gasteiger partial charge in [-0.05, 0) is 19.4 Å². The molecule has 21 heavy (non-hydrogen) atoms. The monoisotopic (exact) mass is 298 g/mol. The van der Waals surface area contributed by atoms with Crippen LogP contribution in [0.15, 0.2) is 4.52 Å². The van der Waals surface area contributed by atoms with Gasteiger partial charge in [-0.3, -0.25) is 14.4 Å². The van der Waals surface area contributed by atoms with Gasteiger partial charge in [-0.25, -0.2) is 0 Å². The van der Waals surface area contributed by atoms with Gasteiger partial charge in [0.05, 0.1) is 6.04 Å². The normalized spacial score (nSPS) is 17.6. The molecule has 0 radical (unpaired) electrons. The van der Waals surface area contributed by atoms with E-state index < -0.39 is 30.9 Å². The topological polar surface area (TPSA) is 146 Å². The van der Waals surface area contributed by atoms with E-state index in [1.165, 1.54) is 0 Å². The molecule has 1 saturated heterocycles. The summed E-state index contributed by atoms with van der Waals surface area (Å²) in [6.45, 7) is -0.701. The van der Waals surface area contributed by atoms with Gasteiger partial charge in [-0.15, -0.1) is 0 Å². The van der Waals surface area contributed by atoms with Crippen molar-refractivity contribution in [3.8, 4) is 0 Å². The fourth-order valence-electron chi connectivity index (χ4n) is 2.03. The third kappa shape index (κ3) is 3.75. The Balaban J connectivity index is 2.11.